The second-order valence-corrected chi connectivity index (χ2v) is 7.62. The zero-order valence-corrected chi connectivity index (χ0v) is 15.7. The highest BCUT2D eigenvalue weighted by atomic mass is 16.6. The van der Waals surface area contributed by atoms with Crippen LogP contribution in [-0.4, -0.2) is 45.9 Å². The number of aliphatic hydroxyl groups is 2. The lowest BCUT2D eigenvalue weighted by Crippen LogP contribution is -2.53. The molecule has 0 aromatic carbocycles. The minimum absolute atomic E-state index is 0.249. The van der Waals surface area contributed by atoms with Crippen molar-refractivity contribution in [1.29, 1.82) is 0 Å². The van der Waals surface area contributed by atoms with Crippen LogP contribution in [0.3, 0.4) is 0 Å². The maximum atomic E-state index is 12.9. The van der Waals surface area contributed by atoms with E-state index in [-0.39, 0.29) is 25.4 Å². The highest BCUT2D eigenvalue weighted by Gasteiger charge is 2.67. The predicted molar refractivity (Wildman–Crippen MR) is 91.1 cm³/mol. The van der Waals surface area contributed by atoms with Gasteiger partial charge in [-0.3, -0.25) is 9.59 Å². The SMILES string of the molecule is CC[C@H]1C[C@@H]2C(=O)N(C(=O)OC)C(=O)[C@@H]2[C@@H]2C[C@@H](c3ccc(CO)o3)O[C@]12O. The maximum Gasteiger partial charge on any atom is 0.423 e. The number of carbonyl (C=O) groups excluding carboxylic acids is 3. The smallest absolute Gasteiger partial charge is 0.423 e. The van der Waals surface area contributed by atoms with E-state index in [2.05, 4.69) is 4.74 Å². The summed E-state index contributed by atoms with van der Waals surface area (Å²) in [7, 11) is 1.11. The summed E-state index contributed by atoms with van der Waals surface area (Å²) in [6.45, 7) is 1.62. The van der Waals surface area contributed by atoms with Crippen LogP contribution in [0.5, 0.6) is 0 Å². The van der Waals surface area contributed by atoms with Crippen LogP contribution in [-0.2, 0) is 25.7 Å². The van der Waals surface area contributed by atoms with Gasteiger partial charge >= 0.3 is 6.09 Å². The summed E-state index contributed by atoms with van der Waals surface area (Å²) in [5.41, 5.74) is 0. The van der Waals surface area contributed by atoms with Crippen LogP contribution in [0.2, 0.25) is 0 Å². The van der Waals surface area contributed by atoms with Gasteiger partial charge < -0.3 is 24.1 Å². The molecule has 3 fully saturated rings. The van der Waals surface area contributed by atoms with Crippen LogP contribution >= 0.6 is 0 Å². The molecule has 3 aliphatic rings. The third-order valence-corrected chi connectivity index (χ3v) is 6.37. The van der Waals surface area contributed by atoms with Crippen LogP contribution in [0.15, 0.2) is 16.5 Å². The number of nitrogens with zero attached hydrogens (tertiary/aromatic N) is 1. The minimum atomic E-state index is -1.60. The highest BCUT2D eigenvalue weighted by molar-refractivity contribution is 6.15. The number of imide groups is 3. The first kappa shape index (κ1) is 19.1. The highest BCUT2D eigenvalue weighted by Crippen LogP contribution is 2.58. The molecule has 4 rings (SSSR count). The zero-order valence-electron chi connectivity index (χ0n) is 15.7. The average molecular weight is 393 g/mol. The van der Waals surface area contributed by atoms with Crippen molar-refractivity contribution >= 4 is 17.9 Å². The molecular formula is C19H23NO8. The number of likely N-dealkylation sites (tertiary alicyclic amines) is 1. The molecule has 1 aromatic heterocycles. The van der Waals surface area contributed by atoms with Gasteiger partial charge in [-0.25, -0.2) is 4.79 Å². The van der Waals surface area contributed by atoms with Gasteiger partial charge in [0.2, 0.25) is 11.8 Å². The molecule has 3 amide bonds. The summed E-state index contributed by atoms with van der Waals surface area (Å²) in [6.07, 6.45) is -0.560. The Morgan fingerprint density at radius 2 is 2.07 bits per heavy atom. The first-order valence-corrected chi connectivity index (χ1v) is 9.41. The largest absolute Gasteiger partial charge is 0.461 e. The Morgan fingerprint density at radius 1 is 1.32 bits per heavy atom. The molecule has 2 N–H and O–H groups in total. The molecule has 2 aliphatic heterocycles. The summed E-state index contributed by atoms with van der Waals surface area (Å²) in [4.78, 5) is 38.1. The normalized spacial score (nSPS) is 37.1. The second kappa shape index (κ2) is 6.68. The lowest BCUT2D eigenvalue weighted by molar-refractivity contribution is -0.270. The molecule has 152 valence electrons. The van der Waals surface area contributed by atoms with Gasteiger partial charge in [-0.2, -0.15) is 4.90 Å². The summed E-state index contributed by atoms with van der Waals surface area (Å²) in [5, 5.41) is 20.6. The second-order valence-electron chi connectivity index (χ2n) is 7.62. The number of fused-ring (bicyclic) bond motifs is 3. The van der Waals surface area contributed by atoms with E-state index in [1.54, 1.807) is 12.1 Å². The van der Waals surface area contributed by atoms with Crippen LogP contribution in [0, 0.1) is 23.7 Å². The molecule has 6 atom stereocenters. The van der Waals surface area contributed by atoms with Crippen molar-refractivity contribution in [2.24, 2.45) is 23.7 Å². The molecule has 0 radical (unpaired) electrons. The van der Waals surface area contributed by atoms with Gasteiger partial charge in [0.05, 0.1) is 18.9 Å². The Balaban J connectivity index is 1.69. The Hall–Kier alpha value is -2.23. The van der Waals surface area contributed by atoms with Crippen molar-refractivity contribution in [3.63, 3.8) is 0 Å². The first-order chi connectivity index (χ1) is 13.3. The van der Waals surface area contributed by atoms with Gasteiger partial charge in [0.15, 0.2) is 5.79 Å². The van der Waals surface area contributed by atoms with Crippen LogP contribution in [0.1, 0.15) is 43.8 Å². The number of hydrogen-bond acceptors (Lipinski definition) is 8. The van der Waals surface area contributed by atoms with E-state index >= 15 is 0 Å². The van der Waals surface area contributed by atoms with Crippen molar-refractivity contribution in [3.8, 4) is 0 Å². The molecule has 0 spiro atoms. The number of methoxy groups -OCH3 is 1. The standard InChI is InChI=1S/C19H23NO8/c1-3-9-6-11-15(17(23)20(16(11)22)18(24)26-2)12-7-14(28-19(9,12)25)13-5-4-10(8-21)27-13/h4-5,9,11-12,14-15,21,25H,3,6-8H2,1-2H3/t9-,11-,12-,14-,15-,19+/m0/s1. The molecule has 3 heterocycles. The summed E-state index contributed by atoms with van der Waals surface area (Å²) >= 11 is 0. The van der Waals surface area contributed by atoms with Gasteiger partial charge in [-0.15, -0.1) is 0 Å². The molecular weight excluding hydrogens is 370 g/mol. The Labute approximate surface area is 161 Å². The molecule has 0 bridgehead atoms. The van der Waals surface area contributed by atoms with E-state index in [4.69, 9.17) is 9.15 Å². The molecule has 9 heteroatoms. The van der Waals surface area contributed by atoms with Crippen molar-refractivity contribution in [3.05, 3.63) is 23.7 Å². The van der Waals surface area contributed by atoms with E-state index < -0.39 is 47.6 Å². The fourth-order valence-electron chi connectivity index (χ4n) is 5.05. The molecule has 2 saturated heterocycles. The first-order valence-electron chi connectivity index (χ1n) is 9.41. The number of carbonyl (C=O) groups is 3. The van der Waals surface area contributed by atoms with Gasteiger partial charge in [0.1, 0.15) is 24.2 Å². The molecule has 28 heavy (non-hydrogen) atoms. The molecule has 1 aliphatic carbocycles. The van der Waals surface area contributed by atoms with Crippen LogP contribution in [0.25, 0.3) is 0 Å². The Bertz CT molecular complexity index is 819. The van der Waals surface area contributed by atoms with E-state index in [1.165, 1.54) is 0 Å². The Morgan fingerprint density at radius 3 is 2.68 bits per heavy atom. The number of furan rings is 1. The molecule has 9 nitrogen and oxygen atoms in total. The minimum Gasteiger partial charge on any atom is -0.461 e. The van der Waals surface area contributed by atoms with Crippen LogP contribution < -0.4 is 0 Å². The van der Waals surface area contributed by atoms with Crippen molar-refractivity contribution in [2.45, 2.75) is 44.7 Å². The number of amides is 3. The monoisotopic (exact) mass is 393 g/mol. The third-order valence-electron chi connectivity index (χ3n) is 6.37. The predicted octanol–water partition coefficient (Wildman–Crippen LogP) is 1.34. The summed E-state index contributed by atoms with van der Waals surface area (Å²) in [6, 6.07) is 3.28. The van der Waals surface area contributed by atoms with Crippen molar-refractivity contribution < 1.29 is 38.5 Å². The summed E-state index contributed by atoms with van der Waals surface area (Å²) in [5.74, 6) is -4.58. The van der Waals surface area contributed by atoms with Gasteiger partial charge in [0.25, 0.3) is 0 Å². The fraction of sp³-hybridized carbons (Fsp3) is 0.632. The maximum absolute atomic E-state index is 12.9. The lowest BCUT2D eigenvalue weighted by Gasteiger charge is -2.44. The lowest BCUT2D eigenvalue weighted by atomic mass is 9.64. The van der Waals surface area contributed by atoms with Crippen molar-refractivity contribution in [2.75, 3.05) is 7.11 Å². The number of hydrogen-bond donors (Lipinski definition) is 2. The molecule has 1 aromatic rings. The topological polar surface area (TPSA) is 127 Å². The number of rotatable bonds is 3. The number of aliphatic hydroxyl groups excluding tert-OH is 1. The fourth-order valence-corrected chi connectivity index (χ4v) is 5.05. The summed E-state index contributed by atoms with van der Waals surface area (Å²) < 4.78 is 16.1. The zero-order chi connectivity index (χ0) is 20.2. The Kier molecular flexibility index (Phi) is 4.56. The third kappa shape index (κ3) is 2.53. The quantitative estimate of drug-likeness (QED) is 0.737. The number of ether oxygens (including phenoxy) is 2. The van der Waals surface area contributed by atoms with Crippen LogP contribution in [0.4, 0.5) is 4.79 Å². The van der Waals surface area contributed by atoms with Gasteiger partial charge in [0, 0.05) is 11.8 Å². The van der Waals surface area contributed by atoms with E-state index in [0.717, 1.165) is 7.11 Å². The van der Waals surface area contributed by atoms with Crippen molar-refractivity contribution in [1.82, 2.24) is 4.90 Å². The van der Waals surface area contributed by atoms with E-state index in [0.29, 0.717) is 22.8 Å². The van der Waals surface area contributed by atoms with E-state index in [9.17, 15) is 24.6 Å². The van der Waals surface area contributed by atoms with Gasteiger partial charge in [-0.1, -0.05) is 6.92 Å². The molecule has 0 unspecified atom stereocenters. The molecule has 1 saturated carbocycles. The van der Waals surface area contributed by atoms with Gasteiger partial charge in [-0.05, 0) is 31.4 Å². The van der Waals surface area contributed by atoms with E-state index in [1.807, 2.05) is 6.92 Å². The average Bonchev–Trinajstić information content (AvgIpc) is 3.35.